The second-order valence-electron chi connectivity index (χ2n) is 5.73. The lowest BCUT2D eigenvalue weighted by atomic mass is 9.91. The fourth-order valence-electron chi connectivity index (χ4n) is 2.87. The number of rotatable bonds is 4. The number of hydrogen-bond acceptors (Lipinski definition) is 3. The second kappa shape index (κ2) is 6.65. The van der Waals surface area contributed by atoms with Crippen LogP contribution in [0, 0.1) is 5.92 Å². The van der Waals surface area contributed by atoms with Crippen molar-refractivity contribution in [3.8, 4) is 0 Å². The SMILES string of the molecule is CC(Cc1ccco1)NC(=O)N1CCCC(C)C1C(=O)O. The average molecular weight is 294 g/mol. The molecule has 1 fully saturated rings. The van der Waals surface area contributed by atoms with Crippen LogP contribution in [0.25, 0.3) is 0 Å². The fourth-order valence-corrected chi connectivity index (χ4v) is 2.87. The predicted molar refractivity (Wildman–Crippen MR) is 76.9 cm³/mol. The normalized spacial score (nSPS) is 23.6. The number of likely N-dealkylation sites (tertiary alicyclic amines) is 1. The van der Waals surface area contributed by atoms with Crippen molar-refractivity contribution in [2.24, 2.45) is 5.92 Å². The molecule has 1 aliphatic heterocycles. The van der Waals surface area contributed by atoms with Crippen LogP contribution in [0.15, 0.2) is 22.8 Å². The maximum atomic E-state index is 12.3. The molecule has 3 unspecified atom stereocenters. The van der Waals surface area contributed by atoms with Gasteiger partial charge in [-0.3, -0.25) is 0 Å². The summed E-state index contributed by atoms with van der Waals surface area (Å²) in [6.45, 7) is 4.24. The lowest BCUT2D eigenvalue weighted by Crippen LogP contribution is -2.56. The van der Waals surface area contributed by atoms with E-state index in [2.05, 4.69) is 5.32 Å². The van der Waals surface area contributed by atoms with Gasteiger partial charge in [-0.1, -0.05) is 6.92 Å². The third-order valence-corrected chi connectivity index (χ3v) is 3.90. The molecule has 0 spiro atoms. The van der Waals surface area contributed by atoms with Gasteiger partial charge < -0.3 is 19.7 Å². The molecule has 6 nitrogen and oxygen atoms in total. The molecule has 21 heavy (non-hydrogen) atoms. The number of urea groups is 1. The van der Waals surface area contributed by atoms with Crippen molar-refractivity contribution in [2.75, 3.05) is 6.54 Å². The summed E-state index contributed by atoms with van der Waals surface area (Å²) in [6, 6.07) is 2.49. The van der Waals surface area contributed by atoms with Crippen molar-refractivity contribution in [3.05, 3.63) is 24.2 Å². The topological polar surface area (TPSA) is 82.8 Å². The highest BCUT2D eigenvalue weighted by molar-refractivity contribution is 5.83. The minimum Gasteiger partial charge on any atom is -0.480 e. The smallest absolute Gasteiger partial charge is 0.326 e. The maximum absolute atomic E-state index is 12.3. The Morgan fingerprint density at radius 2 is 2.33 bits per heavy atom. The molecule has 2 rings (SSSR count). The Hall–Kier alpha value is -1.98. The lowest BCUT2D eigenvalue weighted by molar-refractivity contribution is -0.145. The average Bonchev–Trinajstić information content (AvgIpc) is 2.90. The Labute approximate surface area is 124 Å². The zero-order valence-corrected chi connectivity index (χ0v) is 12.4. The van der Waals surface area contributed by atoms with E-state index in [1.807, 2.05) is 19.9 Å². The van der Waals surface area contributed by atoms with E-state index < -0.39 is 12.0 Å². The number of piperidine rings is 1. The standard InChI is InChI=1S/C15H22N2O4/c1-10-5-3-7-17(13(10)14(18)19)15(20)16-11(2)9-12-6-4-8-21-12/h4,6,8,10-11,13H,3,5,7,9H2,1-2H3,(H,16,20)(H,18,19). The van der Waals surface area contributed by atoms with Gasteiger partial charge in [0.15, 0.2) is 0 Å². The molecular formula is C15H22N2O4. The van der Waals surface area contributed by atoms with Gasteiger partial charge in [0.25, 0.3) is 0 Å². The van der Waals surface area contributed by atoms with E-state index in [1.54, 1.807) is 12.3 Å². The van der Waals surface area contributed by atoms with Gasteiger partial charge in [0.1, 0.15) is 11.8 Å². The Balaban J connectivity index is 1.96. The number of nitrogens with one attached hydrogen (secondary N) is 1. The van der Waals surface area contributed by atoms with E-state index in [0.717, 1.165) is 18.6 Å². The summed E-state index contributed by atoms with van der Waals surface area (Å²) < 4.78 is 5.25. The van der Waals surface area contributed by atoms with Crippen LogP contribution in [0.1, 0.15) is 32.4 Å². The third kappa shape index (κ3) is 3.77. The van der Waals surface area contributed by atoms with E-state index in [1.165, 1.54) is 4.90 Å². The molecule has 0 bridgehead atoms. The number of hydrogen-bond donors (Lipinski definition) is 2. The number of carbonyl (C=O) groups excluding carboxylic acids is 1. The fraction of sp³-hybridized carbons (Fsp3) is 0.600. The van der Waals surface area contributed by atoms with Gasteiger partial charge in [-0.25, -0.2) is 9.59 Å². The zero-order valence-electron chi connectivity index (χ0n) is 12.4. The summed E-state index contributed by atoms with van der Waals surface area (Å²) in [5, 5.41) is 12.2. The van der Waals surface area contributed by atoms with Gasteiger partial charge in [0, 0.05) is 19.0 Å². The molecule has 0 aliphatic carbocycles. The number of carboxylic acid groups (broad SMARTS) is 1. The number of furan rings is 1. The summed E-state index contributed by atoms with van der Waals surface area (Å²) in [5.41, 5.74) is 0. The Morgan fingerprint density at radius 3 is 2.95 bits per heavy atom. The van der Waals surface area contributed by atoms with Crippen molar-refractivity contribution < 1.29 is 19.1 Å². The molecule has 0 radical (unpaired) electrons. The third-order valence-electron chi connectivity index (χ3n) is 3.90. The molecule has 1 aliphatic rings. The predicted octanol–water partition coefficient (Wildman–Crippen LogP) is 2.11. The highest BCUT2D eigenvalue weighted by atomic mass is 16.4. The van der Waals surface area contributed by atoms with Gasteiger partial charge in [-0.15, -0.1) is 0 Å². The monoisotopic (exact) mass is 294 g/mol. The molecular weight excluding hydrogens is 272 g/mol. The van der Waals surface area contributed by atoms with Crippen LogP contribution in [-0.4, -0.2) is 40.6 Å². The molecule has 1 aromatic heterocycles. The van der Waals surface area contributed by atoms with E-state index >= 15 is 0 Å². The zero-order chi connectivity index (χ0) is 15.4. The number of amides is 2. The molecule has 1 aromatic rings. The van der Waals surface area contributed by atoms with Crippen LogP contribution in [0.5, 0.6) is 0 Å². The van der Waals surface area contributed by atoms with Gasteiger partial charge in [-0.05, 0) is 37.8 Å². The molecule has 0 saturated carbocycles. The van der Waals surface area contributed by atoms with Crippen molar-refractivity contribution in [2.45, 2.75) is 45.2 Å². The molecule has 2 heterocycles. The minimum atomic E-state index is -0.934. The summed E-state index contributed by atoms with van der Waals surface area (Å²) in [6.07, 6.45) is 3.85. The first-order valence-electron chi connectivity index (χ1n) is 7.31. The van der Waals surface area contributed by atoms with E-state index in [0.29, 0.717) is 13.0 Å². The van der Waals surface area contributed by atoms with Crippen LogP contribution in [0.2, 0.25) is 0 Å². The number of carbonyl (C=O) groups is 2. The minimum absolute atomic E-state index is 0.0256. The molecule has 3 atom stereocenters. The summed E-state index contributed by atoms with van der Waals surface area (Å²) >= 11 is 0. The quantitative estimate of drug-likeness (QED) is 0.891. The number of aliphatic carboxylic acids is 1. The summed E-state index contributed by atoms with van der Waals surface area (Å²) in [4.78, 5) is 25.1. The van der Waals surface area contributed by atoms with Crippen LogP contribution >= 0.6 is 0 Å². The molecule has 116 valence electrons. The van der Waals surface area contributed by atoms with Gasteiger partial charge >= 0.3 is 12.0 Å². The van der Waals surface area contributed by atoms with Crippen LogP contribution in [0.3, 0.4) is 0 Å². The van der Waals surface area contributed by atoms with Gasteiger partial charge in [0.2, 0.25) is 0 Å². The van der Waals surface area contributed by atoms with Crippen molar-refractivity contribution in [1.29, 1.82) is 0 Å². The van der Waals surface area contributed by atoms with Crippen molar-refractivity contribution in [1.82, 2.24) is 10.2 Å². The molecule has 6 heteroatoms. The van der Waals surface area contributed by atoms with Gasteiger partial charge in [0.05, 0.1) is 6.26 Å². The maximum Gasteiger partial charge on any atom is 0.326 e. The highest BCUT2D eigenvalue weighted by Gasteiger charge is 2.37. The van der Waals surface area contributed by atoms with E-state index in [9.17, 15) is 14.7 Å². The van der Waals surface area contributed by atoms with E-state index in [4.69, 9.17) is 4.42 Å². The molecule has 2 N–H and O–H groups in total. The largest absolute Gasteiger partial charge is 0.480 e. The Bertz CT molecular complexity index is 486. The number of nitrogens with zero attached hydrogens (tertiary/aromatic N) is 1. The number of carboxylic acids is 1. The summed E-state index contributed by atoms with van der Waals surface area (Å²) in [7, 11) is 0. The first-order valence-corrected chi connectivity index (χ1v) is 7.31. The van der Waals surface area contributed by atoms with Gasteiger partial charge in [-0.2, -0.15) is 0 Å². The highest BCUT2D eigenvalue weighted by Crippen LogP contribution is 2.23. The first-order chi connectivity index (χ1) is 9.99. The molecule has 1 saturated heterocycles. The first kappa shape index (κ1) is 15.4. The molecule has 0 aromatic carbocycles. The van der Waals surface area contributed by atoms with Crippen molar-refractivity contribution >= 4 is 12.0 Å². The Morgan fingerprint density at radius 1 is 1.57 bits per heavy atom. The molecule has 2 amide bonds. The second-order valence-corrected chi connectivity index (χ2v) is 5.73. The Kier molecular flexibility index (Phi) is 4.88. The van der Waals surface area contributed by atoms with Crippen LogP contribution < -0.4 is 5.32 Å². The van der Waals surface area contributed by atoms with E-state index in [-0.39, 0.29) is 18.0 Å². The van der Waals surface area contributed by atoms with Crippen LogP contribution in [-0.2, 0) is 11.2 Å². The summed E-state index contributed by atoms with van der Waals surface area (Å²) in [5.74, 6) is -0.164. The van der Waals surface area contributed by atoms with Crippen molar-refractivity contribution in [3.63, 3.8) is 0 Å². The van der Waals surface area contributed by atoms with Crippen LogP contribution in [0.4, 0.5) is 4.79 Å². The lowest BCUT2D eigenvalue weighted by Gasteiger charge is -2.37.